The summed E-state index contributed by atoms with van der Waals surface area (Å²) in [6, 6.07) is 1.79. The summed E-state index contributed by atoms with van der Waals surface area (Å²) in [4.78, 5) is 76.6. The van der Waals surface area contributed by atoms with E-state index < -0.39 is 60.2 Å². The minimum absolute atomic E-state index is 0.0163. The largest absolute Gasteiger partial charge is 0.481 e. The lowest BCUT2D eigenvalue weighted by Gasteiger charge is -2.24. The van der Waals surface area contributed by atoms with Crippen LogP contribution in [0, 0.1) is 0 Å². The van der Waals surface area contributed by atoms with E-state index in [1.807, 2.05) is 12.1 Å². The highest BCUT2D eigenvalue weighted by molar-refractivity contribution is 5.96. The maximum absolute atomic E-state index is 13.4. The van der Waals surface area contributed by atoms with E-state index in [0.717, 1.165) is 10.9 Å². The Morgan fingerprint density at radius 2 is 1.59 bits per heavy atom. The summed E-state index contributed by atoms with van der Waals surface area (Å²) in [6.45, 7) is 0.135. The Bertz CT molecular complexity index is 1480. The van der Waals surface area contributed by atoms with Crippen molar-refractivity contribution in [3.63, 3.8) is 0 Å². The number of aromatic amines is 2. The van der Waals surface area contributed by atoms with Gasteiger partial charge in [0.25, 0.3) is 0 Å². The molecular formula is C27H36N10O7. The molecule has 0 radical (unpaired) electrons. The number of guanidine groups is 1. The van der Waals surface area contributed by atoms with E-state index in [2.05, 4.69) is 35.9 Å². The predicted octanol–water partition coefficient (Wildman–Crippen LogP) is -1.93. The van der Waals surface area contributed by atoms with Crippen molar-refractivity contribution in [2.45, 2.75) is 56.3 Å². The number of carboxylic acids is 2. The lowest BCUT2D eigenvalue weighted by atomic mass is 10.0. The first kappa shape index (κ1) is 33.1. The Balaban J connectivity index is 1.80. The number of carboxylic acid groups (broad SMARTS) is 2. The van der Waals surface area contributed by atoms with Crippen LogP contribution in [0.15, 0.2) is 48.0 Å². The number of imidazole rings is 1. The number of hydrogen-bond donors (Lipinski definition) is 10. The van der Waals surface area contributed by atoms with E-state index in [-0.39, 0.29) is 38.2 Å². The zero-order chi connectivity index (χ0) is 32.2. The van der Waals surface area contributed by atoms with Crippen LogP contribution < -0.4 is 33.2 Å². The first-order valence-electron chi connectivity index (χ1n) is 13.6. The summed E-state index contributed by atoms with van der Waals surface area (Å²) in [7, 11) is 0. The number of para-hydroxylation sites is 1. The molecule has 236 valence electrons. The molecule has 3 aromatic rings. The highest BCUT2D eigenvalue weighted by Crippen LogP contribution is 2.19. The van der Waals surface area contributed by atoms with Crippen LogP contribution in [0.25, 0.3) is 10.9 Å². The standard InChI is InChI=1S/C27H36N10O7/c28-17(9-15-12-31-13-34-15)23(40)36-21(10-22(38)39)25(42)37-20(8-14-11-33-18-5-2-1-4-16(14)18)24(41)35-19(26(43)44)6-3-7-32-27(29)30/h1-2,4-5,11-13,17,19-21,33H,3,6-10,28H2,(H,31,34)(H,35,41)(H,36,40)(H,37,42)(H,38,39)(H,43,44)(H4,29,30,32). The number of nitrogens with two attached hydrogens (primary N) is 3. The molecule has 0 bridgehead atoms. The minimum Gasteiger partial charge on any atom is -0.481 e. The second-order valence-corrected chi connectivity index (χ2v) is 10.0. The third kappa shape index (κ3) is 9.83. The topological polar surface area (TPSA) is 297 Å². The molecule has 0 aliphatic rings. The van der Waals surface area contributed by atoms with Crippen molar-refractivity contribution in [1.29, 1.82) is 0 Å². The summed E-state index contributed by atoms with van der Waals surface area (Å²) in [5.41, 5.74) is 18.5. The molecule has 44 heavy (non-hydrogen) atoms. The summed E-state index contributed by atoms with van der Waals surface area (Å²) >= 11 is 0. The average molecular weight is 613 g/mol. The fourth-order valence-electron chi connectivity index (χ4n) is 4.42. The Morgan fingerprint density at radius 3 is 2.25 bits per heavy atom. The van der Waals surface area contributed by atoms with Crippen LogP contribution in [0.4, 0.5) is 0 Å². The van der Waals surface area contributed by atoms with Crippen LogP contribution in [0.3, 0.4) is 0 Å². The second-order valence-electron chi connectivity index (χ2n) is 10.0. The molecule has 1 aromatic carbocycles. The first-order chi connectivity index (χ1) is 20.9. The van der Waals surface area contributed by atoms with Crippen molar-refractivity contribution in [3.05, 3.63) is 54.2 Å². The highest BCUT2D eigenvalue weighted by atomic mass is 16.4. The molecule has 0 spiro atoms. The monoisotopic (exact) mass is 612 g/mol. The van der Waals surface area contributed by atoms with E-state index in [4.69, 9.17) is 17.2 Å². The number of rotatable bonds is 17. The third-order valence-electron chi connectivity index (χ3n) is 6.63. The quantitative estimate of drug-likeness (QED) is 0.0455. The smallest absolute Gasteiger partial charge is 0.326 e. The lowest BCUT2D eigenvalue weighted by molar-refractivity contribution is -0.143. The van der Waals surface area contributed by atoms with Crippen LogP contribution in [0.1, 0.15) is 30.5 Å². The van der Waals surface area contributed by atoms with E-state index in [1.54, 1.807) is 18.3 Å². The molecule has 3 amide bonds. The van der Waals surface area contributed by atoms with Crippen LogP contribution in [-0.2, 0) is 36.8 Å². The van der Waals surface area contributed by atoms with E-state index in [9.17, 15) is 34.2 Å². The molecule has 3 rings (SSSR count). The Hall–Kier alpha value is -5.45. The number of benzene rings is 1. The SMILES string of the molecule is NC(N)=NCCCC(NC(=O)C(Cc1c[nH]c2ccccc12)NC(=O)C(CC(=O)O)NC(=O)C(N)Cc1cnc[nH]1)C(=O)O. The molecule has 0 aliphatic carbocycles. The van der Waals surface area contributed by atoms with Gasteiger partial charge in [-0.15, -0.1) is 0 Å². The molecule has 17 nitrogen and oxygen atoms in total. The Kier molecular flexibility index (Phi) is 11.8. The number of aliphatic imine (C=N–C) groups is 1. The Morgan fingerprint density at radius 1 is 0.909 bits per heavy atom. The summed E-state index contributed by atoms with van der Waals surface area (Å²) in [6.07, 6.45) is 3.88. The van der Waals surface area contributed by atoms with Gasteiger partial charge in [-0.1, -0.05) is 18.2 Å². The molecule has 13 N–H and O–H groups in total. The predicted molar refractivity (Wildman–Crippen MR) is 158 cm³/mol. The number of nitrogens with zero attached hydrogens (tertiary/aromatic N) is 2. The lowest BCUT2D eigenvalue weighted by Crippen LogP contribution is -2.58. The maximum atomic E-state index is 13.4. The van der Waals surface area contributed by atoms with Gasteiger partial charge in [0.2, 0.25) is 17.7 Å². The number of aromatic nitrogens is 3. The number of carbonyl (C=O) groups excluding carboxylic acids is 3. The van der Waals surface area contributed by atoms with E-state index >= 15 is 0 Å². The van der Waals surface area contributed by atoms with Crippen molar-refractivity contribution in [2.75, 3.05) is 6.54 Å². The van der Waals surface area contributed by atoms with Crippen LogP contribution in [0.2, 0.25) is 0 Å². The van der Waals surface area contributed by atoms with Gasteiger partial charge in [-0.25, -0.2) is 9.78 Å². The molecule has 0 saturated carbocycles. The average Bonchev–Trinajstić information content (AvgIpc) is 3.63. The Labute approximate surface area is 251 Å². The fourth-order valence-corrected chi connectivity index (χ4v) is 4.42. The number of aliphatic carboxylic acids is 2. The van der Waals surface area contributed by atoms with Gasteiger partial charge in [0, 0.05) is 48.4 Å². The van der Waals surface area contributed by atoms with Gasteiger partial charge in [0.1, 0.15) is 18.1 Å². The van der Waals surface area contributed by atoms with E-state index in [1.165, 1.54) is 12.5 Å². The molecule has 0 aliphatic heterocycles. The van der Waals surface area contributed by atoms with Crippen molar-refractivity contribution in [1.82, 2.24) is 30.9 Å². The van der Waals surface area contributed by atoms with Gasteiger partial charge in [-0.05, 0) is 24.5 Å². The molecule has 0 fully saturated rings. The zero-order valence-corrected chi connectivity index (χ0v) is 23.7. The first-order valence-corrected chi connectivity index (χ1v) is 13.6. The summed E-state index contributed by atoms with van der Waals surface area (Å²) < 4.78 is 0. The van der Waals surface area contributed by atoms with Gasteiger partial charge in [0.15, 0.2) is 5.96 Å². The number of carbonyl (C=O) groups is 5. The number of H-pyrrole nitrogens is 2. The summed E-state index contributed by atoms with van der Waals surface area (Å²) in [5.74, 6) is -5.49. The minimum atomic E-state index is -1.60. The number of nitrogens with one attached hydrogen (secondary N) is 5. The molecule has 4 unspecified atom stereocenters. The molecule has 17 heteroatoms. The maximum Gasteiger partial charge on any atom is 0.326 e. The van der Waals surface area contributed by atoms with Gasteiger partial charge in [-0.2, -0.15) is 0 Å². The molecule has 2 heterocycles. The molecule has 2 aromatic heterocycles. The van der Waals surface area contributed by atoms with Gasteiger partial charge >= 0.3 is 11.9 Å². The molecule has 0 saturated heterocycles. The molecular weight excluding hydrogens is 576 g/mol. The van der Waals surface area contributed by atoms with Crippen molar-refractivity contribution < 1.29 is 34.2 Å². The number of hydrogen-bond acceptors (Lipinski definition) is 8. The number of amides is 3. The number of fused-ring (bicyclic) bond motifs is 1. The van der Waals surface area contributed by atoms with Crippen LogP contribution in [-0.4, -0.2) is 91.5 Å². The summed E-state index contributed by atoms with van der Waals surface area (Å²) in [5, 5.41) is 27.1. The van der Waals surface area contributed by atoms with Gasteiger partial charge in [-0.3, -0.25) is 24.2 Å². The zero-order valence-electron chi connectivity index (χ0n) is 23.7. The van der Waals surface area contributed by atoms with Gasteiger partial charge < -0.3 is 53.3 Å². The molecule has 4 atom stereocenters. The fraction of sp³-hybridized carbons (Fsp3) is 0.370. The highest BCUT2D eigenvalue weighted by Gasteiger charge is 2.32. The second kappa shape index (κ2) is 15.7. The van der Waals surface area contributed by atoms with Crippen LogP contribution >= 0.6 is 0 Å². The van der Waals surface area contributed by atoms with Crippen molar-refractivity contribution in [3.8, 4) is 0 Å². The van der Waals surface area contributed by atoms with E-state index in [0.29, 0.717) is 11.3 Å². The van der Waals surface area contributed by atoms with Crippen molar-refractivity contribution >= 4 is 46.5 Å². The van der Waals surface area contributed by atoms with Crippen LogP contribution in [0.5, 0.6) is 0 Å². The van der Waals surface area contributed by atoms with Gasteiger partial charge in [0.05, 0.1) is 18.8 Å². The normalized spacial score (nSPS) is 13.7. The third-order valence-corrected chi connectivity index (χ3v) is 6.63. The van der Waals surface area contributed by atoms with Crippen molar-refractivity contribution in [2.24, 2.45) is 22.2 Å².